The highest BCUT2D eigenvalue weighted by Crippen LogP contribution is 2.19. The van der Waals surface area contributed by atoms with Crippen LogP contribution in [0.2, 0.25) is 0 Å². The molecule has 0 radical (unpaired) electrons. The number of nitrogens with one attached hydrogen (secondary N) is 1. The summed E-state index contributed by atoms with van der Waals surface area (Å²) in [6, 6.07) is 15.8. The van der Waals surface area contributed by atoms with Gasteiger partial charge in [0.25, 0.3) is 0 Å². The third kappa shape index (κ3) is 5.60. The van der Waals surface area contributed by atoms with E-state index in [1.165, 1.54) is 31.2 Å². The van der Waals surface area contributed by atoms with Crippen molar-refractivity contribution in [1.82, 2.24) is 14.6 Å². The van der Waals surface area contributed by atoms with E-state index >= 15 is 0 Å². The van der Waals surface area contributed by atoms with Gasteiger partial charge in [0, 0.05) is 33.4 Å². The zero-order valence-corrected chi connectivity index (χ0v) is 19.3. The number of carbonyl (C=O) groups excluding carboxylic acids is 2. The van der Waals surface area contributed by atoms with Crippen molar-refractivity contribution < 1.29 is 18.0 Å². The lowest BCUT2D eigenvalue weighted by atomic mass is 10.1. The Morgan fingerprint density at radius 1 is 1.06 bits per heavy atom. The number of nitrogens with zero attached hydrogens (tertiary/aromatic N) is 3. The van der Waals surface area contributed by atoms with Gasteiger partial charge in [0.2, 0.25) is 21.8 Å². The fourth-order valence-corrected chi connectivity index (χ4v) is 4.26. The molecule has 0 aliphatic carbocycles. The van der Waals surface area contributed by atoms with Crippen LogP contribution in [0.4, 0.5) is 0 Å². The van der Waals surface area contributed by atoms with Gasteiger partial charge in [0.1, 0.15) is 0 Å². The number of carbonyl (C=O) groups is 2. The molecule has 0 bridgehead atoms. The van der Waals surface area contributed by atoms with Gasteiger partial charge in [0.05, 0.1) is 23.2 Å². The Balaban J connectivity index is 1.50. The number of benzene rings is 2. The Morgan fingerprint density at radius 3 is 2.34 bits per heavy atom. The lowest BCUT2D eigenvalue weighted by Gasteiger charge is -2.16. The number of hydrogen-bond donors (Lipinski definition) is 1. The summed E-state index contributed by atoms with van der Waals surface area (Å²) in [7, 11) is -0.546. The first-order valence-corrected chi connectivity index (χ1v) is 11.9. The largest absolute Gasteiger partial charge is 0.350 e. The summed E-state index contributed by atoms with van der Waals surface area (Å²) in [4.78, 5) is 25.0. The van der Waals surface area contributed by atoms with Crippen molar-refractivity contribution in [3.05, 3.63) is 65.7 Å². The number of rotatable bonds is 8. The molecule has 1 aliphatic heterocycles. The van der Waals surface area contributed by atoms with E-state index in [0.717, 1.165) is 21.1 Å². The molecule has 0 aromatic heterocycles. The molecular weight excluding hydrogens is 428 g/mol. The summed E-state index contributed by atoms with van der Waals surface area (Å²) < 4.78 is 25.5. The zero-order valence-electron chi connectivity index (χ0n) is 18.5. The molecule has 9 heteroatoms. The third-order valence-corrected chi connectivity index (χ3v) is 7.13. The average molecular weight is 457 g/mol. The fraction of sp³-hybridized carbons (Fsp3) is 0.348. The molecule has 0 spiro atoms. The molecule has 2 aromatic rings. The van der Waals surface area contributed by atoms with Crippen LogP contribution < -0.4 is 5.32 Å². The molecule has 2 amide bonds. The zero-order chi connectivity index (χ0) is 23.3. The summed E-state index contributed by atoms with van der Waals surface area (Å²) >= 11 is 0. The summed E-state index contributed by atoms with van der Waals surface area (Å²) in [6.07, 6.45) is 0.825. The predicted molar refractivity (Wildman–Crippen MR) is 122 cm³/mol. The van der Waals surface area contributed by atoms with Gasteiger partial charge in [-0.25, -0.2) is 17.7 Å². The molecule has 170 valence electrons. The van der Waals surface area contributed by atoms with Crippen LogP contribution in [0.15, 0.2) is 64.6 Å². The molecule has 8 nitrogen and oxygen atoms in total. The first kappa shape index (κ1) is 23.6. The predicted octanol–water partition coefficient (Wildman–Crippen LogP) is 2.53. The molecule has 1 N–H and O–H groups in total. The van der Waals surface area contributed by atoms with Crippen molar-refractivity contribution in [3.63, 3.8) is 0 Å². The van der Waals surface area contributed by atoms with Crippen LogP contribution in [0.3, 0.4) is 0 Å². The minimum atomic E-state index is -3.50. The monoisotopic (exact) mass is 456 g/mol. The average Bonchev–Trinajstić information content (AvgIpc) is 3.28. The number of sulfonamides is 1. The smallest absolute Gasteiger partial charge is 0.243 e. The van der Waals surface area contributed by atoms with Crippen LogP contribution in [0.25, 0.3) is 0 Å². The molecule has 1 unspecified atom stereocenters. The first-order chi connectivity index (χ1) is 15.2. The second kappa shape index (κ2) is 10.1. The highest BCUT2D eigenvalue weighted by Gasteiger charge is 2.22. The summed E-state index contributed by atoms with van der Waals surface area (Å²) in [6.45, 7) is 2.33. The van der Waals surface area contributed by atoms with Gasteiger partial charge < -0.3 is 5.32 Å². The van der Waals surface area contributed by atoms with Crippen LogP contribution >= 0.6 is 0 Å². The Morgan fingerprint density at radius 2 is 1.72 bits per heavy atom. The molecule has 3 rings (SSSR count). The van der Waals surface area contributed by atoms with E-state index in [4.69, 9.17) is 0 Å². The maximum absolute atomic E-state index is 12.4. The molecule has 1 aliphatic rings. The van der Waals surface area contributed by atoms with Crippen molar-refractivity contribution in [1.29, 1.82) is 0 Å². The molecule has 32 heavy (non-hydrogen) atoms. The van der Waals surface area contributed by atoms with Crippen LogP contribution in [0, 0.1) is 0 Å². The molecule has 2 aromatic carbocycles. The van der Waals surface area contributed by atoms with Gasteiger partial charge in [-0.3, -0.25) is 9.59 Å². The fourth-order valence-electron chi connectivity index (χ4n) is 3.36. The molecule has 0 saturated heterocycles. The second-order valence-electron chi connectivity index (χ2n) is 7.83. The van der Waals surface area contributed by atoms with Crippen molar-refractivity contribution in [2.45, 2.75) is 37.1 Å². The van der Waals surface area contributed by atoms with Gasteiger partial charge in [-0.1, -0.05) is 42.5 Å². The van der Waals surface area contributed by atoms with Crippen molar-refractivity contribution >= 4 is 27.5 Å². The van der Waals surface area contributed by atoms with Crippen LogP contribution in [-0.2, 0) is 19.6 Å². The lowest BCUT2D eigenvalue weighted by Crippen LogP contribution is -2.29. The minimum absolute atomic E-state index is 0.0585. The number of hydrazone groups is 1. The van der Waals surface area contributed by atoms with Crippen LogP contribution in [0.5, 0.6) is 0 Å². The van der Waals surface area contributed by atoms with Gasteiger partial charge in [-0.05, 0) is 30.2 Å². The molecular formula is C23H28N4O4S. The normalized spacial score (nSPS) is 14.9. The standard InChI is InChI=1S/C23H28N4O4S/c1-17(18-9-11-20(12-10-18)32(30,31)26(2)3)24-22(28)13-14-23(29)27-16-15-21(25-27)19-7-5-4-6-8-19/h4-12,17H,13-16H2,1-3H3,(H,24,28). The SMILES string of the molecule is CC(NC(=O)CCC(=O)N1CCC(c2ccccc2)=N1)c1ccc(S(=O)(=O)N(C)C)cc1. The topological polar surface area (TPSA) is 99.1 Å². The van der Waals surface area contributed by atoms with Crippen LogP contribution in [-0.4, -0.2) is 55.9 Å². The van der Waals surface area contributed by atoms with Crippen molar-refractivity contribution in [2.75, 3.05) is 20.6 Å². The van der Waals surface area contributed by atoms with E-state index in [1.807, 2.05) is 37.3 Å². The van der Waals surface area contributed by atoms with E-state index < -0.39 is 10.0 Å². The number of amides is 2. The van der Waals surface area contributed by atoms with Gasteiger partial charge >= 0.3 is 0 Å². The minimum Gasteiger partial charge on any atom is -0.350 e. The van der Waals surface area contributed by atoms with E-state index in [9.17, 15) is 18.0 Å². The molecule has 0 saturated carbocycles. The maximum atomic E-state index is 12.4. The van der Waals surface area contributed by atoms with Crippen molar-refractivity contribution in [3.8, 4) is 0 Å². The Bertz CT molecular complexity index is 1100. The Labute approximate surface area is 189 Å². The molecule has 1 atom stereocenters. The van der Waals surface area contributed by atoms with Gasteiger partial charge in [-0.2, -0.15) is 5.10 Å². The Hall–Kier alpha value is -3.04. The lowest BCUT2D eigenvalue weighted by molar-refractivity contribution is -0.133. The highest BCUT2D eigenvalue weighted by atomic mass is 32.2. The van der Waals surface area contributed by atoms with E-state index in [0.29, 0.717) is 13.0 Å². The van der Waals surface area contributed by atoms with E-state index in [1.54, 1.807) is 12.1 Å². The van der Waals surface area contributed by atoms with E-state index in [-0.39, 0.29) is 35.6 Å². The highest BCUT2D eigenvalue weighted by molar-refractivity contribution is 7.89. The third-order valence-electron chi connectivity index (χ3n) is 5.30. The first-order valence-electron chi connectivity index (χ1n) is 10.4. The molecule has 1 heterocycles. The summed E-state index contributed by atoms with van der Waals surface area (Å²) in [5, 5.41) is 8.69. The maximum Gasteiger partial charge on any atom is 0.243 e. The van der Waals surface area contributed by atoms with Gasteiger partial charge in [0.15, 0.2) is 0 Å². The van der Waals surface area contributed by atoms with Crippen molar-refractivity contribution in [2.24, 2.45) is 5.10 Å². The summed E-state index contributed by atoms with van der Waals surface area (Å²) in [5.41, 5.74) is 2.65. The second-order valence-corrected chi connectivity index (χ2v) is 9.98. The molecule has 0 fully saturated rings. The van der Waals surface area contributed by atoms with Gasteiger partial charge in [-0.15, -0.1) is 0 Å². The Kier molecular flexibility index (Phi) is 7.42. The summed E-state index contributed by atoms with van der Waals surface area (Å²) in [5.74, 6) is -0.431. The number of hydrogen-bond acceptors (Lipinski definition) is 5. The quantitative estimate of drug-likeness (QED) is 0.660. The van der Waals surface area contributed by atoms with E-state index in [2.05, 4.69) is 10.4 Å². The van der Waals surface area contributed by atoms with Crippen LogP contribution in [0.1, 0.15) is 43.4 Å².